The maximum absolute atomic E-state index is 14.2. The van der Waals surface area contributed by atoms with Gasteiger partial charge in [0.05, 0.1) is 23.3 Å². The summed E-state index contributed by atoms with van der Waals surface area (Å²) in [6.45, 7) is 12.2. The van der Waals surface area contributed by atoms with Crippen molar-refractivity contribution in [1.29, 1.82) is 0 Å². The van der Waals surface area contributed by atoms with Crippen LogP contribution in [0.25, 0.3) is 0 Å². The molecular weight excluding hydrogens is 380 g/mol. The Hall–Kier alpha value is -1.14. The van der Waals surface area contributed by atoms with E-state index in [0.29, 0.717) is 38.5 Å². The van der Waals surface area contributed by atoms with Gasteiger partial charge in [0.1, 0.15) is 5.41 Å². The molecule has 30 heavy (non-hydrogen) atoms. The second kappa shape index (κ2) is 7.19. The number of nitrogens with two attached hydrogens (primary N) is 1. The monoisotopic (exact) mass is 422 g/mol. The molecule has 4 N–H and O–H groups in total. The van der Waals surface area contributed by atoms with Crippen LogP contribution in [0.5, 0.6) is 0 Å². The normalized spacial score (nSPS) is 26.4. The molecule has 3 aliphatic rings. The van der Waals surface area contributed by atoms with E-state index in [0.717, 1.165) is 19.3 Å². The summed E-state index contributed by atoms with van der Waals surface area (Å²) >= 11 is 0. The standard InChI is InChI=1S/C24H42N2O4/c1-20(2,3)16(23(29)12-8-13-23)26(19(28)22(18(25)27)10-7-11-22)17(21(4,5)6)24(30)14-9-15-24/h16-17,29-30H,7-15H2,1-6H3,(H2,25,27)/t16-,17-/m1/s1. The Bertz CT molecular complexity index is 653. The van der Waals surface area contributed by atoms with Crippen LogP contribution in [0.3, 0.4) is 0 Å². The summed E-state index contributed by atoms with van der Waals surface area (Å²) in [7, 11) is 0. The molecule has 0 unspecified atom stereocenters. The zero-order valence-corrected chi connectivity index (χ0v) is 19.8. The zero-order chi connectivity index (χ0) is 22.8. The van der Waals surface area contributed by atoms with Gasteiger partial charge in [0.2, 0.25) is 11.8 Å². The first-order valence-electron chi connectivity index (χ1n) is 11.7. The van der Waals surface area contributed by atoms with Crippen molar-refractivity contribution in [2.75, 3.05) is 0 Å². The van der Waals surface area contributed by atoms with Crippen molar-refractivity contribution in [1.82, 2.24) is 4.90 Å². The summed E-state index contributed by atoms with van der Waals surface area (Å²) in [4.78, 5) is 28.5. The fourth-order valence-electron chi connectivity index (χ4n) is 6.32. The van der Waals surface area contributed by atoms with Crippen LogP contribution in [-0.4, -0.2) is 50.2 Å². The lowest BCUT2D eigenvalue weighted by Crippen LogP contribution is -2.75. The highest BCUT2D eigenvalue weighted by molar-refractivity contribution is 6.05. The van der Waals surface area contributed by atoms with Crippen LogP contribution in [0.4, 0.5) is 0 Å². The van der Waals surface area contributed by atoms with Gasteiger partial charge >= 0.3 is 0 Å². The molecule has 172 valence electrons. The summed E-state index contributed by atoms with van der Waals surface area (Å²) in [5, 5.41) is 23.2. The van der Waals surface area contributed by atoms with E-state index in [1.165, 1.54) is 0 Å². The summed E-state index contributed by atoms with van der Waals surface area (Å²) in [6, 6.07) is -1.01. The number of hydrogen-bond donors (Lipinski definition) is 3. The number of carbonyl (C=O) groups excluding carboxylic acids is 2. The topological polar surface area (TPSA) is 104 Å². The molecule has 2 amide bonds. The lowest BCUT2D eigenvalue weighted by atomic mass is 9.59. The molecule has 0 aromatic carbocycles. The van der Waals surface area contributed by atoms with Gasteiger partial charge in [-0.25, -0.2) is 0 Å². The van der Waals surface area contributed by atoms with Gasteiger partial charge in [-0.3, -0.25) is 9.59 Å². The average molecular weight is 423 g/mol. The second-order valence-electron chi connectivity index (χ2n) is 12.5. The van der Waals surface area contributed by atoms with E-state index in [9.17, 15) is 19.8 Å². The van der Waals surface area contributed by atoms with Crippen LogP contribution in [0.1, 0.15) is 99.3 Å². The molecule has 6 heteroatoms. The Morgan fingerprint density at radius 2 is 1.10 bits per heavy atom. The number of aliphatic hydroxyl groups is 2. The number of primary amides is 1. The van der Waals surface area contributed by atoms with E-state index in [1.54, 1.807) is 4.90 Å². The SMILES string of the molecule is CC(C)(C)[C@@H](N(C(=O)C1(C(N)=O)CCC1)[C@H](C(C)(C)C)C1(O)CCC1)C1(O)CCC1. The summed E-state index contributed by atoms with van der Waals surface area (Å²) in [5.74, 6) is -0.869. The number of rotatable bonds is 6. The second-order valence-corrected chi connectivity index (χ2v) is 12.5. The van der Waals surface area contributed by atoms with E-state index >= 15 is 0 Å². The number of hydrogen-bond acceptors (Lipinski definition) is 4. The van der Waals surface area contributed by atoms with Gasteiger partial charge < -0.3 is 20.8 Å². The molecule has 3 fully saturated rings. The van der Waals surface area contributed by atoms with Gasteiger partial charge in [0.15, 0.2) is 0 Å². The molecule has 3 aliphatic carbocycles. The van der Waals surface area contributed by atoms with Crippen LogP contribution in [0.15, 0.2) is 0 Å². The van der Waals surface area contributed by atoms with Gasteiger partial charge in [-0.15, -0.1) is 0 Å². The van der Waals surface area contributed by atoms with Crippen molar-refractivity contribution in [3.05, 3.63) is 0 Å². The number of amides is 2. The predicted octanol–water partition coefficient (Wildman–Crippen LogP) is 3.13. The maximum atomic E-state index is 14.2. The van der Waals surface area contributed by atoms with Crippen molar-refractivity contribution >= 4 is 11.8 Å². The minimum absolute atomic E-state index is 0.290. The molecule has 0 saturated heterocycles. The van der Waals surface area contributed by atoms with Crippen LogP contribution in [-0.2, 0) is 9.59 Å². The van der Waals surface area contributed by atoms with Gasteiger partial charge in [-0.05, 0) is 62.2 Å². The Morgan fingerprint density at radius 3 is 1.27 bits per heavy atom. The Labute approximate surface area is 181 Å². The minimum Gasteiger partial charge on any atom is -0.388 e. The third kappa shape index (κ3) is 3.58. The first-order chi connectivity index (χ1) is 13.6. The maximum Gasteiger partial charge on any atom is 0.238 e. The summed E-state index contributed by atoms with van der Waals surface area (Å²) in [5.41, 5.74) is 1.68. The number of nitrogens with zero attached hydrogens (tertiary/aromatic N) is 1. The molecule has 3 rings (SSSR count). The Morgan fingerprint density at radius 1 is 0.767 bits per heavy atom. The van der Waals surface area contributed by atoms with Crippen LogP contribution in [0, 0.1) is 16.2 Å². The molecule has 0 bridgehead atoms. The van der Waals surface area contributed by atoms with E-state index in [-0.39, 0.29) is 5.91 Å². The molecule has 0 aromatic rings. The van der Waals surface area contributed by atoms with Crippen LogP contribution in [0.2, 0.25) is 0 Å². The van der Waals surface area contributed by atoms with Crippen molar-refractivity contribution < 1.29 is 19.8 Å². The van der Waals surface area contributed by atoms with Crippen LogP contribution < -0.4 is 5.73 Å². The first-order valence-corrected chi connectivity index (χ1v) is 11.7. The van der Waals surface area contributed by atoms with E-state index in [1.807, 2.05) is 41.5 Å². The molecule has 0 spiro atoms. The molecule has 3 saturated carbocycles. The fraction of sp³-hybridized carbons (Fsp3) is 0.917. The van der Waals surface area contributed by atoms with Gasteiger partial charge in [-0.1, -0.05) is 48.0 Å². The van der Waals surface area contributed by atoms with Crippen molar-refractivity contribution in [2.45, 2.75) is 123 Å². The Kier molecular flexibility index (Phi) is 5.64. The smallest absolute Gasteiger partial charge is 0.238 e. The zero-order valence-electron chi connectivity index (χ0n) is 19.8. The molecule has 0 aliphatic heterocycles. The molecule has 0 radical (unpaired) electrons. The highest BCUT2D eigenvalue weighted by Crippen LogP contribution is 2.53. The van der Waals surface area contributed by atoms with Crippen LogP contribution >= 0.6 is 0 Å². The molecule has 6 nitrogen and oxygen atoms in total. The summed E-state index contributed by atoms with van der Waals surface area (Å²) < 4.78 is 0. The van der Waals surface area contributed by atoms with Gasteiger partial charge in [0, 0.05) is 0 Å². The molecule has 2 atom stereocenters. The van der Waals surface area contributed by atoms with E-state index < -0.39 is 45.4 Å². The average Bonchev–Trinajstić information content (AvgIpc) is 2.46. The van der Waals surface area contributed by atoms with E-state index in [2.05, 4.69) is 0 Å². The summed E-state index contributed by atoms with van der Waals surface area (Å²) in [6.07, 6.45) is 6.00. The first kappa shape index (κ1) is 23.5. The third-order valence-corrected chi connectivity index (χ3v) is 7.98. The Balaban J connectivity index is 2.19. The van der Waals surface area contributed by atoms with Crippen molar-refractivity contribution in [3.63, 3.8) is 0 Å². The third-order valence-electron chi connectivity index (χ3n) is 7.98. The van der Waals surface area contributed by atoms with Crippen molar-refractivity contribution in [2.24, 2.45) is 22.0 Å². The fourth-order valence-corrected chi connectivity index (χ4v) is 6.32. The molecule has 0 aromatic heterocycles. The van der Waals surface area contributed by atoms with Gasteiger partial charge in [-0.2, -0.15) is 0 Å². The van der Waals surface area contributed by atoms with Crippen molar-refractivity contribution in [3.8, 4) is 0 Å². The van der Waals surface area contributed by atoms with E-state index in [4.69, 9.17) is 5.73 Å². The predicted molar refractivity (Wildman–Crippen MR) is 116 cm³/mol. The lowest BCUT2D eigenvalue weighted by molar-refractivity contribution is -0.214. The lowest BCUT2D eigenvalue weighted by Gasteiger charge is -2.62. The highest BCUT2D eigenvalue weighted by atomic mass is 16.3. The minimum atomic E-state index is -1.22. The molecular formula is C24H42N2O4. The number of carbonyl (C=O) groups is 2. The largest absolute Gasteiger partial charge is 0.388 e. The highest BCUT2D eigenvalue weighted by Gasteiger charge is 2.63. The quantitative estimate of drug-likeness (QED) is 0.572. The van der Waals surface area contributed by atoms with Gasteiger partial charge in [0.25, 0.3) is 0 Å². The molecule has 0 heterocycles.